The molecule has 0 aliphatic carbocycles. The lowest BCUT2D eigenvalue weighted by Crippen LogP contribution is -2.49. The average molecular weight is 300 g/mol. The summed E-state index contributed by atoms with van der Waals surface area (Å²) in [4.78, 5) is 0. The molecule has 2 aromatic rings. The molecule has 0 radical (unpaired) electrons. The number of hydrogen-bond donors (Lipinski definition) is 0. The molecule has 0 spiro atoms. The van der Waals surface area contributed by atoms with Gasteiger partial charge in [-0.1, -0.05) is 13.8 Å². The van der Waals surface area contributed by atoms with Gasteiger partial charge in [-0.3, -0.25) is 0 Å². The van der Waals surface area contributed by atoms with Gasteiger partial charge in [0, 0.05) is 18.2 Å². The van der Waals surface area contributed by atoms with Crippen LogP contribution in [0.2, 0.25) is 0 Å². The van der Waals surface area contributed by atoms with Crippen LogP contribution in [0, 0.1) is 18.6 Å². The largest absolute Gasteiger partial charge is 0.221 e. The number of nitrogens with zero attached hydrogens (tertiary/aromatic N) is 1. The fourth-order valence-electron chi connectivity index (χ4n) is 3.67. The van der Waals surface area contributed by atoms with Crippen molar-refractivity contribution in [2.75, 3.05) is 0 Å². The van der Waals surface area contributed by atoms with Crippen molar-refractivity contribution in [3.8, 4) is 11.3 Å². The summed E-state index contributed by atoms with van der Waals surface area (Å²) in [6.45, 7) is 10.3. The van der Waals surface area contributed by atoms with Crippen molar-refractivity contribution in [2.24, 2.45) is 0 Å². The Morgan fingerprint density at radius 2 is 1.82 bits per heavy atom. The minimum atomic E-state index is -0.531. The molecule has 0 N–H and O–H groups in total. The lowest BCUT2D eigenvalue weighted by molar-refractivity contribution is -0.577. The molecule has 1 aliphatic rings. The molecule has 0 bridgehead atoms. The van der Waals surface area contributed by atoms with Gasteiger partial charge in [-0.15, -0.1) is 0 Å². The summed E-state index contributed by atoms with van der Waals surface area (Å²) >= 11 is 0. The lowest BCUT2D eigenvalue weighted by Gasteiger charge is -2.35. The van der Waals surface area contributed by atoms with Gasteiger partial charge in [0.2, 0.25) is 5.69 Å². The van der Waals surface area contributed by atoms with E-state index < -0.39 is 17.0 Å². The van der Waals surface area contributed by atoms with Gasteiger partial charge in [0.1, 0.15) is 11.6 Å². The molecule has 3 heteroatoms. The Morgan fingerprint density at radius 1 is 1.14 bits per heavy atom. The standard InChI is InChI=1S/C19H20F2N/c1-5-19(6-2)13(4)22-8-7-12(3)9-17(22)18-15(19)10-14(20)11-16(18)21/h7-11H,4-6H2,1-3H3/q+1. The van der Waals surface area contributed by atoms with Gasteiger partial charge >= 0.3 is 0 Å². The van der Waals surface area contributed by atoms with Crippen molar-refractivity contribution >= 4 is 5.70 Å². The number of allylic oxidation sites excluding steroid dienone is 1. The van der Waals surface area contributed by atoms with Crippen LogP contribution in [0.15, 0.2) is 37.0 Å². The van der Waals surface area contributed by atoms with Crippen LogP contribution >= 0.6 is 0 Å². The van der Waals surface area contributed by atoms with Crippen LogP contribution in [0.1, 0.15) is 37.8 Å². The molecule has 0 saturated heterocycles. The van der Waals surface area contributed by atoms with Crippen molar-refractivity contribution < 1.29 is 13.3 Å². The Kier molecular flexibility index (Phi) is 3.39. The highest BCUT2D eigenvalue weighted by Gasteiger charge is 2.47. The molecule has 1 aromatic heterocycles. The van der Waals surface area contributed by atoms with E-state index in [4.69, 9.17) is 0 Å². The van der Waals surface area contributed by atoms with E-state index in [1.807, 2.05) is 43.7 Å². The molecule has 114 valence electrons. The Morgan fingerprint density at radius 3 is 2.45 bits per heavy atom. The predicted octanol–water partition coefficient (Wildman–Crippen LogP) is 4.77. The minimum Gasteiger partial charge on any atom is -0.207 e. The second kappa shape index (κ2) is 5.01. The molecule has 1 nitrogen and oxygen atoms in total. The zero-order valence-corrected chi connectivity index (χ0v) is 13.2. The molecule has 0 amide bonds. The first-order valence-electron chi connectivity index (χ1n) is 7.66. The van der Waals surface area contributed by atoms with Gasteiger partial charge in [-0.2, -0.15) is 4.57 Å². The first-order valence-corrected chi connectivity index (χ1v) is 7.66. The maximum Gasteiger partial charge on any atom is 0.221 e. The molecule has 0 fully saturated rings. The third-order valence-corrected chi connectivity index (χ3v) is 4.99. The summed E-state index contributed by atoms with van der Waals surface area (Å²) in [5.74, 6) is -1.04. The number of pyridine rings is 1. The molecular formula is C19H20F2N+. The second-order valence-corrected chi connectivity index (χ2v) is 6.01. The number of fused-ring (bicyclic) bond motifs is 3. The number of aryl methyl sites for hydroxylation is 1. The van der Waals surface area contributed by atoms with E-state index in [-0.39, 0.29) is 0 Å². The second-order valence-electron chi connectivity index (χ2n) is 6.01. The van der Waals surface area contributed by atoms with Crippen LogP contribution in [0.4, 0.5) is 8.78 Å². The Bertz CT molecular complexity index is 773. The lowest BCUT2D eigenvalue weighted by atomic mass is 9.69. The molecular weight excluding hydrogens is 280 g/mol. The van der Waals surface area contributed by atoms with Gasteiger partial charge in [0.05, 0.1) is 11.0 Å². The summed E-state index contributed by atoms with van der Waals surface area (Å²) in [7, 11) is 0. The van der Waals surface area contributed by atoms with Crippen molar-refractivity contribution in [1.29, 1.82) is 0 Å². The van der Waals surface area contributed by atoms with Gasteiger partial charge in [-0.05, 0) is 43.5 Å². The van der Waals surface area contributed by atoms with E-state index in [9.17, 15) is 8.78 Å². The van der Waals surface area contributed by atoms with Crippen molar-refractivity contribution in [1.82, 2.24) is 0 Å². The SMILES string of the molecule is C=C1[n+]2ccc(C)cc2-c2c(F)cc(F)cc2C1(CC)CC. The van der Waals surface area contributed by atoms with Crippen molar-refractivity contribution in [3.05, 3.63) is 59.8 Å². The van der Waals surface area contributed by atoms with E-state index in [1.165, 1.54) is 6.07 Å². The van der Waals surface area contributed by atoms with Crippen LogP contribution in [-0.4, -0.2) is 0 Å². The van der Waals surface area contributed by atoms with E-state index >= 15 is 0 Å². The Hall–Kier alpha value is -2.03. The van der Waals surface area contributed by atoms with Crippen molar-refractivity contribution in [3.63, 3.8) is 0 Å². The van der Waals surface area contributed by atoms with E-state index in [1.54, 1.807) is 0 Å². The highest BCUT2D eigenvalue weighted by molar-refractivity contribution is 5.73. The fourth-order valence-corrected chi connectivity index (χ4v) is 3.67. The molecule has 0 atom stereocenters. The van der Waals surface area contributed by atoms with Crippen LogP contribution in [0.25, 0.3) is 17.0 Å². The summed E-state index contributed by atoms with van der Waals surface area (Å²) in [5, 5.41) is 0. The molecule has 0 saturated carbocycles. The average Bonchev–Trinajstić information content (AvgIpc) is 2.47. The number of rotatable bonds is 2. The molecule has 1 aliphatic heterocycles. The topological polar surface area (TPSA) is 3.88 Å². The van der Waals surface area contributed by atoms with Crippen LogP contribution in [-0.2, 0) is 5.41 Å². The van der Waals surface area contributed by atoms with Gasteiger partial charge in [0.15, 0.2) is 11.9 Å². The van der Waals surface area contributed by atoms with E-state index in [0.717, 1.165) is 35.9 Å². The van der Waals surface area contributed by atoms with Gasteiger partial charge in [-0.25, -0.2) is 8.78 Å². The first-order chi connectivity index (χ1) is 10.4. The van der Waals surface area contributed by atoms with E-state index in [0.29, 0.717) is 11.1 Å². The van der Waals surface area contributed by atoms with Crippen LogP contribution < -0.4 is 4.57 Å². The minimum absolute atomic E-state index is 0.439. The Labute approximate surface area is 129 Å². The highest BCUT2D eigenvalue weighted by atomic mass is 19.1. The number of halogens is 2. The normalized spacial score (nSPS) is 15.4. The Balaban J connectivity index is 2.47. The third kappa shape index (κ3) is 1.84. The molecule has 2 heterocycles. The predicted molar refractivity (Wildman–Crippen MR) is 84.3 cm³/mol. The summed E-state index contributed by atoms with van der Waals surface area (Å²) < 4.78 is 30.4. The first kappa shape index (κ1) is 14.9. The smallest absolute Gasteiger partial charge is 0.207 e. The summed E-state index contributed by atoms with van der Waals surface area (Å²) in [6, 6.07) is 6.36. The summed E-state index contributed by atoms with van der Waals surface area (Å²) in [6.07, 6.45) is 3.43. The quantitative estimate of drug-likeness (QED) is 0.703. The molecule has 0 unspecified atom stereocenters. The van der Waals surface area contributed by atoms with Crippen LogP contribution in [0.3, 0.4) is 0 Å². The fraction of sp³-hybridized carbons (Fsp3) is 0.316. The highest BCUT2D eigenvalue weighted by Crippen LogP contribution is 2.47. The zero-order valence-electron chi connectivity index (χ0n) is 13.2. The maximum absolute atomic E-state index is 14.6. The molecule has 3 rings (SSSR count). The van der Waals surface area contributed by atoms with Gasteiger partial charge in [0.25, 0.3) is 0 Å². The summed E-state index contributed by atoms with van der Waals surface area (Å²) in [5.41, 5.74) is 3.44. The van der Waals surface area contributed by atoms with E-state index in [2.05, 4.69) is 6.58 Å². The maximum atomic E-state index is 14.6. The number of hydrogen-bond acceptors (Lipinski definition) is 0. The number of benzene rings is 1. The monoisotopic (exact) mass is 300 g/mol. The molecule has 22 heavy (non-hydrogen) atoms. The third-order valence-electron chi connectivity index (χ3n) is 4.99. The van der Waals surface area contributed by atoms with Crippen LogP contribution in [0.5, 0.6) is 0 Å². The van der Waals surface area contributed by atoms with Gasteiger partial charge < -0.3 is 0 Å². The molecule has 1 aromatic carbocycles. The zero-order chi connectivity index (χ0) is 16.1. The van der Waals surface area contributed by atoms with Crippen molar-refractivity contribution in [2.45, 2.75) is 39.0 Å². The number of aromatic nitrogens is 1.